The number of alkyl halides is 6. The number of benzene rings is 2. The summed E-state index contributed by atoms with van der Waals surface area (Å²) in [6.07, 6.45) is -7.60. The van der Waals surface area contributed by atoms with Crippen molar-refractivity contribution in [1.82, 2.24) is 14.5 Å². The van der Waals surface area contributed by atoms with Gasteiger partial charge in [0, 0.05) is 11.8 Å². The third-order valence-electron chi connectivity index (χ3n) is 5.26. The fraction of sp³-hybridized carbons (Fsp3) is 0.174. The van der Waals surface area contributed by atoms with Crippen LogP contribution in [0.15, 0.2) is 70.7 Å². The number of aromatic nitrogens is 3. The topological polar surface area (TPSA) is 91.2 Å². The van der Waals surface area contributed by atoms with E-state index in [-0.39, 0.29) is 27.8 Å². The first-order chi connectivity index (χ1) is 17.2. The lowest BCUT2D eigenvalue weighted by Gasteiger charge is -2.14. The first-order valence-corrected chi connectivity index (χ1v) is 12.0. The van der Waals surface area contributed by atoms with Gasteiger partial charge in [-0.1, -0.05) is 19.1 Å². The number of hydrogen-bond donors (Lipinski definition) is 0. The van der Waals surface area contributed by atoms with Gasteiger partial charge in [0.25, 0.3) is 5.56 Å². The number of fused-ring (bicyclic) bond motifs is 1. The van der Waals surface area contributed by atoms with Gasteiger partial charge in [0.05, 0.1) is 22.2 Å². The molecule has 0 spiro atoms. The molecule has 0 aliphatic carbocycles. The Morgan fingerprint density at radius 1 is 0.946 bits per heavy atom. The summed E-state index contributed by atoms with van der Waals surface area (Å²) in [6.45, 7) is 1.34. The van der Waals surface area contributed by atoms with Crippen LogP contribution in [0.5, 0.6) is 5.75 Å². The van der Waals surface area contributed by atoms with Crippen LogP contribution in [-0.4, -0.2) is 35.1 Å². The highest BCUT2D eigenvalue weighted by Gasteiger charge is 2.32. The number of sulfone groups is 1. The van der Waals surface area contributed by atoms with Crippen molar-refractivity contribution >= 4 is 20.7 Å². The second-order valence-electron chi connectivity index (χ2n) is 7.67. The predicted octanol–water partition coefficient (Wildman–Crippen LogP) is 5.16. The Balaban J connectivity index is 1.88. The van der Waals surface area contributed by atoms with Gasteiger partial charge in [0.1, 0.15) is 17.0 Å². The van der Waals surface area contributed by atoms with E-state index in [9.17, 15) is 39.6 Å². The molecule has 0 saturated carbocycles. The van der Waals surface area contributed by atoms with Gasteiger partial charge in [-0.2, -0.15) is 13.2 Å². The number of nitrogens with zero attached hydrogens (tertiary/aromatic N) is 3. The van der Waals surface area contributed by atoms with E-state index in [2.05, 4.69) is 14.7 Å². The fourth-order valence-electron chi connectivity index (χ4n) is 3.48. The second kappa shape index (κ2) is 9.18. The van der Waals surface area contributed by atoms with Gasteiger partial charge in [-0.25, -0.2) is 23.0 Å². The molecule has 2 heterocycles. The van der Waals surface area contributed by atoms with Crippen molar-refractivity contribution < 1.29 is 39.5 Å². The van der Waals surface area contributed by atoms with Crippen LogP contribution < -0.4 is 10.3 Å². The number of hydrogen-bond acceptors (Lipinski definition) is 6. The standard InChI is InChI=1S/C23H15F6N3O4S/c1-2-37(34,35)19-9-14(13-4-3-5-16(8-13)36-23(27,28)29)11-30-20(19)32-12-31-18-10-15(22(24,25)26)6-7-17(18)21(32)33/h3-12H,2H2,1H3. The van der Waals surface area contributed by atoms with E-state index in [1.54, 1.807) is 0 Å². The quantitative estimate of drug-likeness (QED) is 0.323. The summed E-state index contributed by atoms with van der Waals surface area (Å²) in [7, 11) is -4.05. The molecule has 0 atom stereocenters. The molecule has 7 nitrogen and oxygen atoms in total. The maximum atomic E-state index is 13.1. The molecule has 2 aromatic heterocycles. The summed E-state index contributed by atoms with van der Waals surface area (Å²) in [5.41, 5.74) is -1.88. The van der Waals surface area contributed by atoms with Crippen LogP contribution >= 0.6 is 0 Å². The smallest absolute Gasteiger partial charge is 0.406 e. The van der Waals surface area contributed by atoms with Crippen molar-refractivity contribution in [2.45, 2.75) is 24.4 Å². The van der Waals surface area contributed by atoms with Gasteiger partial charge in [-0.15, -0.1) is 13.2 Å². The molecule has 4 rings (SSSR count). The first-order valence-electron chi connectivity index (χ1n) is 10.4. The number of ether oxygens (including phenoxy) is 1. The Hall–Kier alpha value is -3.94. The molecule has 37 heavy (non-hydrogen) atoms. The van der Waals surface area contributed by atoms with Crippen molar-refractivity contribution in [1.29, 1.82) is 0 Å². The lowest BCUT2D eigenvalue weighted by atomic mass is 10.1. The van der Waals surface area contributed by atoms with Crippen LogP contribution in [0.2, 0.25) is 0 Å². The maximum absolute atomic E-state index is 13.1. The molecule has 0 bridgehead atoms. The Bertz CT molecular complexity index is 1660. The SMILES string of the molecule is CCS(=O)(=O)c1cc(-c2cccc(OC(F)(F)F)c2)cnc1-n1cnc2cc(C(F)(F)F)ccc2c1=O. The molecule has 0 amide bonds. The Morgan fingerprint density at radius 3 is 2.32 bits per heavy atom. The average Bonchev–Trinajstić information content (AvgIpc) is 2.82. The summed E-state index contributed by atoms with van der Waals surface area (Å²) < 4.78 is 107. The number of halogens is 6. The van der Waals surface area contributed by atoms with Crippen molar-refractivity contribution in [2.24, 2.45) is 0 Å². The first kappa shape index (κ1) is 26.1. The minimum atomic E-state index is -4.94. The summed E-state index contributed by atoms with van der Waals surface area (Å²) in [5, 5.41) is -0.210. The third kappa shape index (κ3) is 5.43. The molecule has 0 fully saturated rings. The molecule has 2 aromatic carbocycles. The van der Waals surface area contributed by atoms with E-state index in [0.717, 1.165) is 41.4 Å². The lowest BCUT2D eigenvalue weighted by Crippen LogP contribution is -2.23. The maximum Gasteiger partial charge on any atom is 0.573 e. The van der Waals surface area contributed by atoms with E-state index in [4.69, 9.17) is 0 Å². The van der Waals surface area contributed by atoms with Crippen molar-refractivity contribution in [3.05, 3.63) is 77.0 Å². The van der Waals surface area contributed by atoms with Gasteiger partial charge >= 0.3 is 12.5 Å². The van der Waals surface area contributed by atoms with Crippen molar-refractivity contribution in [3.8, 4) is 22.7 Å². The normalized spacial score (nSPS) is 12.6. The van der Waals surface area contributed by atoms with Crippen LogP contribution in [0.1, 0.15) is 12.5 Å². The molecule has 0 aliphatic rings. The lowest BCUT2D eigenvalue weighted by molar-refractivity contribution is -0.274. The van der Waals surface area contributed by atoms with E-state index < -0.39 is 49.9 Å². The van der Waals surface area contributed by atoms with Crippen LogP contribution in [-0.2, 0) is 16.0 Å². The fourth-order valence-corrected chi connectivity index (χ4v) is 4.53. The predicted molar refractivity (Wildman–Crippen MR) is 120 cm³/mol. The Morgan fingerprint density at radius 2 is 1.68 bits per heavy atom. The highest BCUT2D eigenvalue weighted by atomic mass is 32.2. The van der Waals surface area contributed by atoms with E-state index >= 15 is 0 Å². The Kier molecular flexibility index (Phi) is 6.48. The molecule has 0 unspecified atom stereocenters. The molecular weight excluding hydrogens is 528 g/mol. The average molecular weight is 543 g/mol. The molecule has 0 radical (unpaired) electrons. The van der Waals surface area contributed by atoms with E-state index in [1.165, 1.54) is 19.1 Å². The van der Waals surface area contributed by atoms with Crippen LogP contribution in [0.25, 0.3) is 27.8 Å². The highest BCUT2D eigenvalue weighted by molar-refractivity contribution is 7.91. The molecule has 0 saturated heterocycles. The van der Waals surface area contributed by atoms with Crippen LogP contribution in [0, 0.1) is 0 Å². The van der Waals surface area contributed by atoms with Gasteiger partial charge in [0.15, 0.2) is 15.7 Å². The second-order valence-corrected chi connectivity index (χ2v) is 9.92. The highest BCUT2D eigenvalue weighted by Crippen LogP contribution is 2.32. The van der Waals surface area contributed by atoms with Crippen molar-refractivity contribution in [2.75, 3.05) is 5.75 Å². The largest absolute Gasteiger partial charge is 0.573 e. The summed E-state index contributed by atoms with van der Waals surface area (Å²) >= 11 is 0. The summed E-state index contributed by atoms with van der Waals surface area (Å²) in [4.78, 5) is 20.6. The van der Waals surface area contributed by atoms with Gasteiger partial charge in [-0.05, 0) is 42.0 Å². The Labute approximate surface area is 204 Å². The third-order valence-corrected chi connectivity index (χ3v) is 6.99. The molecular formula is C23H15F6N3O4S. The zero-order valence-electron chi connectivity index (χ0n) is 18.6. The zero-order chi connectivity index (χ0) is 27.2. The number of rotatable bonds is 5. The summed E-state index contributed by atoms with van der Waals surface area (Å²) in [5.74, 6) is -1.32. The van der Waals surface area contributed by atoms with Gasteiger partial charge in [-0.3, -0.25) is 4.79 Å². The molecule has 14 heteroatoms. The number of pyridine rings is 1. The minimum Gasteiger partial charge on any atom is -0.406 e. The molecule has 0 N–H and O–H groups in total. The van der Waals surface area contributed by atoms with Gasteiger partial charge < -0.3 is 4.74 Å². The van der Waals surface area contributed by atoms with Crippen LogP contribution in [0.4, 0.5) is 26.3 Å². The molecule has 0 aliphatic heterocycles. The van der Waals surface area contributed by atoms with Crippen molar-refractivity contribution in [3.63, 3.8) is 0 Å². The molecule has 4 aromatic rings. The monoisotopic (exact) mass is 543 g/mol. The molecule has 194 valence electrons. The van der Waals surface area contributed by atoms with Gasteiger partial charge in [0.2, 0.25) is 0 Å². The zero-order valence-corrected chi connectivity index (χ0v) is 19.4. The summed E-state index contributed by atoms with van der Waals surface area (Å²) in [6, 6.07) is 8.23. The van der Waals surface area contributed by atoms with E-state index in [1.807, 2.05) is 0 Å². The van der Waals surface area contributed by atoms with Crippen LogP contribution in [0.3, 0.4) is 0 Å². The van der Waals surface area contributed by atoms with E-state index in [0.29, 0.717) is 12.1 Å². The minimum absolute atomic E-state index is 0.111.